The highest BCUT2D eigenvalue weighted by atomic mass is 19.4. The second-order valence-corrected chi connectivity index (χ2v) is 8.06. The van der Waals surface area contributed by atoms with E-state index in [2.05, 4.69) is 22.6 Å². The minimum Gasteiger partial charge on any atom is -0.475 e. The molecule has 2 aromatic rings. The number of nitrogens with zero attached hydrogens (tertiary/aromatic N) is 1. The SMILES string of the molecule is CN(/C(=C1\C(=O)Nc2cc(C(N)=O)ccc21)c1ccccc1)C1CCNCC1.O=C(O)C(F)(F)F. The van der Waals surface area contributed by atoms with Crippen molar-refractivity contribution in [3.63, 3.8) is 0 Å². The molecule has 1 fully saturated rings. The van der Waals surface area contributed by atoms with Gasteiger partial charge in [0.1, 0.15) is 0 Å². The summed E-state index contributed by atoms with van der Waals surface area (Å²) in [5, 5.41) is 13.4. The van der Waals surface area contributed by atoms with Crippen LogP contribution < -0.4 is 16.4 Å². The van der Waals surface area contributed by atoms with Crippen LogP contribution in [0.2, 0.25) is 0 Å². The summed E-state index contributed by atoms with van der Waals surface area (Å²) in [6.45, 7) is 1.94. The third-order valence-electron chi connectivity index (χ3n) is 5.78. The summed E-state index contributed by atoms with van der Waals surface area (Å²) in [5.41, 5.74) is 9.76. The largest absolute Gasteiger partial charge is 0.490 e. The molecule has 35 heavy (non-hydrogen) atoms. The molecular formula is C24H25F3N4O4. The molecule has 11 heteroatoms. The summed E-state index contributed by atoms with van der Waals surface area (Å²) < 4.78 is 31.7. The van der Waals surface area contributed by atoms with Crippen molar-refractivity contribution in [3.8, 4) is 0 Å². The Labute approximate surface area is 199 Å². The molecule has 0 saturated carbocycles. The first-order valence-electron chi connectivity index (χ1n) is 10.8. The summed E-state index contributed by atoms with van der Waals surface area (Å²) >= 11 is 0. The second kappa shape index (κ2) is 10.6. The van der Waals surface area contributed by atoms with Gasteiger partial charge >= 0.3 is 12.1 Å². The normalized spacial score (nSPS) is 17.0. The van der Waals surface area contributed by atoms with Crippen molar-refractivity contribution < 1.29 is 32.7 Å². The van der Waals surface area contributed by atoms with E-state index < -0.39 is 18.1 Å². The van der Waals surface area contributed by atoms with Crippen molar-refractivity contribution in [2.24, 2.45) is 5.73 Å². The lowest BCUT2D eigenvalue weighted by Crippen LogP contribution is -2.40. The monoisotopic (exact) mass is 490 g/mol. The fourth-order valence-electron chi connectivity index (χ4n) is 4.06. The van der Waals surface area contributed by atoms with Crippen LogP contribution in [0, 0.1) is 0 Å². The van der Waals surface area contributed by atoms with Crippen molar-refractivity contribution >= 4 is 34.7 Å². The molecule has 4 rings (SSSR count). The van der Waals surface area contributed by atoms with Crippen molar-refractivity contribution in [1.82, 2.24) is 10.2 Å². The van der Waals surface area contributed by atoms with Crippen LogP contribution in [-0.2, 0) is 9.59 Å². The summed E-state index contributed by atoms with van der Waals surface area (Å²) in [6, 6.07) is 15.5. The zero-order chi connectivity index (χ0) is 25.8. The number of amides is 2. The molecule has 0 unspecified atom stereocenters. The Bertz CT molecular complexity index is 1140. The van der Waals surface area contributed by atoms with Crippen LogP contribution in [0.5, 0.6) is 0 Å². The van der Waals surface area contributed by atoms with Crippen molar-refractivity contribution in [2.45, 2.75) is 25.1 Å². The van der Waals surface area contributed by atoms with E-state index in [-0.39, 0.29) is 5.91 Å². The Morgan fingerprint density at radius 2 is 1.66 bits per heavy atom. The molecule has 0 spiro atoms. The molecular weight excluding hydrogens is 465 g/mol. The Hall–Kier alpha value is -3.86. The van der Waals surface area contributed by atoms with Crippen LogP contribution in [0.4, 0.5) is 18.9 Å². The van der Waals surface area contributed by atoms with Gasteiger partial charge in [-0.3, -0.25) is 9.59 Å². The topological polar surface area (TPSA) is 125 Å². The van der Waals surface area contributed by atoms with Crippen LogP contribution >= 0.6 is 0 Å². The van der Waals surface area contributed by atoms with E-state index in [1.807, 2.05) is 36.4 Å². The number of alkyl halides is 3. The smallest absolute Gasteiger partial charge is 0.475 e. The van der Waals surface area contributed by atoms with E-state index in [1.165, 1.54) is 0 Å². The highest BCUT2D eigenvalue weighted by Gasteiger charge is 2.38. The molecule has 0 aliphatic carbocycles. The number of benzene rings is 2. The van der Waals surface area contributed by atoms with Crippen molar-refractivity contribution in [1.29, 1.82) is 0 Å². The Balaban J connectivity index is 0.000000429. The lowest BCUT2D eigenvalue weighted by atomic mass is 9.96. The van der Waals surface area contributed by atoms with Gasteiger partial charge < -0.3 is 26.4 Å². The van der Waals surface area contributed by atoms with Gasteiger partial charge in [-0.1, -0.05) is 36.4 Å². The van der Waals surface area contributed by atoms with E-state index in [0.29, 0.717) is 22.9 Å². The minimum absolute atomic E-state index is 0.156. The number of carboxylic acid groups (broad SMARTS) is 1. The van der Waals surface area contributed by atoms with Crippen LogP contribution in [-0.4, -0.2) is 60.1 Å². The van der Waals surface area contributed by atoms with Gasteiger partial charge in [0.25, 0.3) is 5.91 Å². The van der Waals surface area contributed by atoms with Gasteiger partial charge in [-0.05, 0) is 43.6 Å². The minimum atomic E-state index is -5.08. The molecule has 8 nitrogen and oxygen atoms in total. The summed E-state index contributed by atoms with van der Waals surface area (Å²) in [6.07, 6.45) is -3.04. The third kappa shape index (κ3) is 5.99. The van der Waals surface area contributed by atoms with E-state index in [1.54, 1.807) is 12.1 Å². The first-order chi connectivity index (χ1) is 16.5. The predicted molar refractivity (Wildman–Crippen MR) is 124 cm³/mol. The van der Waals surface area contributed by atoms with E-state index in [0.717, 1.165) is 42.8 Å². The molecule has 0 atom stereocenters. The number of carbonyl (C=O) groups excluding carboxylic acids is 2. The van der Waals surface area contributed by atoms with Crippen LogP contribution in [0.3, 0.4) is 0 Å². The number of nitrogens with one attached hydrogen (secondary N) is 2. The quantitative estimate of drug-likeness (QED) is 0.489. The number of halogens is 3. The molecule has 2 aliphatic rings. The molecule has 186 valence electrons. The highest BCUT2D eigenvalue weighted by molar-refractivity contribution is 6.36. The maximum absolute atomic E-state index is 13.0. The molecule has 2 heterocycles. The second-order valence-electron chi connectivity index (χ2n) is 8.06. The fraction of sp³-hybridized carbons (Fsp3) is 0.292. The van der Waals surface area contributed by atoms with Gasteiger partial charge in [-0.25, -0.2) is 4.79 Å². The molecule has 2 amide bonds. The third-order valence-corrected chi connectivity index (χ3v) is 5.78. The molecule has 0 bridgehead atoms. The number of hydrogen-bond acceptors (Lipinski definition) is 5. The van der Waals surface area contributed by atoms with E-state index in [9.17, 15) is 22.8 Å². The lowest BCUT2D eigenvalue weighted by molar-refractivity contribution is -0.192. The number of rotatable bonds is 4. The van der Waals surface area contributed by atoms with Crippen molar-refractivity contribution in [2.75, 3.05) is 25.5 Å². The number of hydrogen-bond donors (Lipinski definition) is 4. The zero-order valence-corrected chi connectivity index (χ0v) is 18.9. The van der Waals surface area contributed by atoms with Gasteiger partial charge in [-0.15, -0.1) is 0 Å². The summed E-state index contributed by atoms with van der Waals surface area (Å²) in [7, 11) is 2.06. The number of carboxylic acids is 1. The summed E-state index contributed by atoms with van der Waals surface area (Å²) in [4.78, 5) is 35.6. The first kappa shape index (κ1) is 25.8. The number of nitrogens with two attached hydrogens (primary N) is 1. The maximum atomic E-state index is 13.0. The van der Waals surface area contributed by atoms with Crippen LogP contribution in [0.1, 0.15) is 34.3 Å². The Morgan fingerprint density at radius 1 is 1.06 bits per heavy atom. The number of aliphatic carboxylic acids is 1. The molecule has 5 N–H and O–H groups in total. The molecule has 2 aromatic carbocycles. The number of anilines is 1. The molecule has 0 radical (unpaired) electrons. The first-order valence-corrected chi connectivity index (χ1v) is 10.8. The van der Waals surface area contributed by atoms with E-state index >= 15 is 0 Å². The molecule has 2 aliphatic heterocycles. The van der Waals surface area contributed by atoms with Gasteiger partial charge in [0.2, 0.25) is 5.91 Å². The standard InChI is InChI=1S/C22H24N4O2.C2HF3O2/c1-26(16-9-11-24-12-10-16)20(14-5-3-2-4-6-14)19-17-8-7-15(21(23)27)13-18(17)25-22(19)28;3-2(4,5)1(6)7/h2-8,13,16,24H,9-12H2,1H3,(H2,23,27)(H,25,28);(H,6,7)/b20-19-;. The average molecular weight is 490 g/mol. The highest BCUT2D eigenvalue weighted by Crippen LogP contribution is 2.39. The molecule has 1 saturated heterocycles. The predicted octanol–water partition coefficient (Wildman–Crippen LogP) is 2.92. The van der Waals surface area contributed by atoms with Crippen molar-refractivity contribution in [3.05, 3.63) is 65.2 Å². The zero-order valence-electron chi connectivity index (χ0n) is 18.9. The fourth-order valence-corrected chi connectivity index (χ4v) is 4.06. The number of carbonyl (C=O) groups is 3. The van der Waals surface area contributed by atoms with Gasteiger partial charge in [-0.2, -0.15) is 13.2 Å². The van der Waals surface area contributed by atoms with Gasteiger partial charge in [0.05, 0.1) is 11.3 Å². The summed E-state index contributed by atoms with van der Waals surface area (Å²) in [5.74, 6) is -3.42. The van der Waals surface area contributed by atoms with Crippen LogP contribution in [0.25, 0.3) is 11.3 Å². The lowest BCUT2D eigenvalue weighted by Gasteiger charge is -2.36. The average Bonchev–Trinajstić information content (AvgIpc) is 3.15. The maximum Gasteiger partial charge on any atom is 0.490 e. The van der Waals surface area contributed by atoms with Crippen LogP contribution in [0.15, 0.2) is 48.5 Å². The Morgan fingerprint density at radius 3 is 2.20 bits per heavy atom. The molecule has 0 aromatic heterocycles. The number of fused-ring (bicyclic) bond motifs is 1. The van der Waals surface area contributed by atoms with Gasteiger partial charge in [0, 0.05) is 29.9 Å². The number of piperidine rings is 1. The van der Waals surface area contributed by atoms with E-state index in [4.69, 9.17) is 15.6 Å². The Kier molecular flexibility index (Phi) is 7.80. The van der Waals surface area contributed by atoms with Gasteiger partial charge in [0.15, 0.2) is 0 Å². The number of primary amides is 1.